The first kappa shape index (κ1) is 21.0. The number of anilines is 1. The lowest BCUT2D eigenvalue weighted by molar-refractivity contribution is 0.311. The Hall–Kier alpha value is -2.86. The number of nitrogens with zero attached hydrogens (tertiary/aromatic N) is 3. The van der Waals surface area contributed by atoms with Crippen molar-refractivity contribution in [3.63, 3.8) is 0 Å². The van der Waals surface area contributed by atoms with Crippen LogP contribution in [0.1, 0.15) is 37.9 Å². The van der Waals surface area contributed by atoms with Crippen LogP contribution in [0.5, 0.6) is 0 Å². The van der Waals surface area contributed by atoms with Gasteiger partial charge >= 0.3 is 0 Å². The highest BCUT2D eigenvalue weighted by atomic mass is 19.1. The molecule has 3 heterocycles. The van der Waals surface area contributed by atoms with Gasteiger partial charge in [0.2, 0.25) is 0 Å². The topological polar surface area (TPSA) is 44.3 Å². The molecule has 0 bridgehead atoms. The van der Waals surface area contributed by atoms with Crippen molar-refractivity contribution >= 4 is 38.5 Å². The number of likely N-dealkylation sites (N-methyl/N-ethyl adjacent to an activating group) is 1. The van der Waals surface area contributed by atoms with Gasteiger partial charge in [-0.2, -0.15) is 0 Å². The molecule has 2 aromatic heterocycles. The van der Waals surface area contributed by atoms with E-state index >= 15 is 4.39 Å². The Morgan fingerprint density at radius 1 is 1.09 bits per heavy atom. The Kier molecular flexibility index (Phi) is 5.01. The average Bonchev–Trinajstić information content (AvgIpc) is 3.13. The van der Waals surface area contributed by atoms with Crippen molar-refractivity contribution in [1.29, 1.82) is 0 Å². The van der Waals surface area contributed by atoms with Crippen LogP contribution < -0.4 is 10.3 Å². The Balaban J connectivity index is 1.92. The number of aromatic amines is 1. The minimum Gasteiger partial charge on any atom is -0.366 e. The number of H-pyrrole nitrogens is 1. The fourth-order valence-corrected chi connectivity index (χ4v) is 5.20. The van der Waals surface area contributed by atoms with E-state index in [1.807, 2.05) is 56.5 Å². The number of pyridine rings is 1. The highest BCUT2D eigenvalue weighted by molar-refractivity contribution is 6.10. The fourth-order valence-electron chi connectivity index (χ4n) is 5.20. The standard InChI is InChI=1S/C26H31FN4O/c1-6-17-14-19-24(22(27)23(17)30-11-9-29(5)10-12-30)31(15(2)3)26-21(25(19)32)18-8-7-16(4)13-20(18)28-26/h7-8,13-15,28H,6,9-12H2,1-5H3. The summed E-state index contributed by atoms with van der Waals surface area (Å²) in [5.74, 6) is -0.272. The molecule has 5 nitrogen and oxygen atoms in total. The minimum atomic E-state index is -0.272. The maximum Gasteiger partial charge on any atom is 0.199 e. The van der Waals surface area contributed by atoms with Gasteiger partial charge in [0.15, 0.2) is 11.2 Å². The minimum absolute atomic E-state index is 0.0166. The molecule has 0 atom stereocenters. The number of hydrogen-bond acceptors (Lipinski definition) is 3. The van der Waals surface area contributed by atoms with Crippen LogP contribution in [0, 0.1) is 12.7 Å². The molecule has 0 aliphatic carbocycles. The van der Waals surface area contributed by atoms with Gasteiger partial charge in [-0.1, -0.05) is 19.1 Å². The molecule has 5 rings (SSSR count). The van der Waals surface area contributed by atoms with Crippen molar-refractivity contribution < 1.29 is 4.39 Å². The van der Waals surface area contributed by atoms with Crippen LogP contribution >= 0.6 is 0 Å². The van der Waals surface area contributed by atoms with E-state index in [0.717, 1.165) is 48.2 Å². The smallest absolute Gasteiger partial charge is 0.199 e. The molecule has 168 valence electrons. The summed E-state index contributed by atoms with van der Waals surface area (Å²) in [5.41, 5.74) is 4.61. The van der Waals surface area contributed by atoms with E-state index in [-0.39, 0.29) is 17.3 Å². The monoisotopic (exact) mass is 434 g/mol. The first-order valence-electron chi connectivity index (χ1n) is 11.6. The second-order valence-corrected chi connectivity index (χ2v) is 9.43. The van der Waals surface area contributed by atoms with Crippen molar-refractivity contribution in [2.75, 3.05) is 38.1 Å². The van der Waals surface area contributed by atoms with Crippen LogP contribution in [-0.4, -0.2) is 47.7 Å². The van der Waals surface area contributed by atoms with Crippen LogP contribution in [0.3, 0.4) is 0 Å². The van der Waals surface area contributed by atoms with Crippen molar-refractivity contribution in [2.24, 2.45) is 0 Å². The van der Waals surface area contributed by atoms with E-state index in [9.17, 15) is 4.79 Å². The quantitative estimate of drug-likeness (QED) is 0.495. The lowest BCUT2D eigenvalue weighted by Crippen LogP contribution is -2.45. The number of hydrogen-bond donors (Lipinski definition) is 1. The number of rotatable bonds is 3. The van der Waals surface area contributed by atoms with Crippen molar-refractivity contribution in [3.8, 4) is 0 Å². The number of fused-ring (bicyclic) bond motifs is 4. The van der Waals surface area contributed by atoms with Crippen molar-refractivity contribution in [1.82, 2.24) is 14.5 Å². The maximum atomic E-state index is 16.4. The zero-order chi connectivity index (χ0) is 22.7. The van der Waals surface area contributed by atoms with Gasteiger partial charge in [0.05, 0.1) is 16.6 Å². The summed E-state index contributed by atoms with van der Waals surface area (Å²) in [5, 5.41) is 2.02. The Morgan fingerprint density at radius 2 is 1.81 bits per heavy atom. The van der Waals surface area contributed by atoms with Crippen molar-refractivity contribution in [3.05, 3.63) is 51.4 Å². The molecule has 1 fully saturated rings. The molecule has 2 aromatic carbocycles. The molecule has 1 saturated heterocycles. The molecule has 0 unspecified atom stereocenters. The molecule has 0 amide bonds. The van der Waals surface area contributed by atoms with Gasteiger partial charge in [-0.05, 0) is 57.5 Å². The predicted octanol–water partition coefficient (Wildman–Crippen LogP) is 4.98. The number of aryl methyl sites for hydroxylation is 2. The van der Waals surface area contributed by atoms with E-state index in [4.69, 9.17) is 0 Å². The van der Waals surface area contributed by atoms with E-state index in [0.29, 0.717) is 34.0 Å². The number of nitrogens with one attached hydrogen (secondary N) is 1. The van der Waals surface area contributed by atoms with Gasteiger partial charge in [0, 0.05) is 48.5 Å². The number of halogens is 1. The first-order valence-corrected chi connectivity index (χ1v) is 11.6. The predicted molar refractivity (Wildman–Crippen MR) is 132 cm³/mol. The Bertz CT molecular complexity index is 1410. The molecule has 0 spiro atoms. The van der Waals surface area contributed by atoms with E-state index in [2.05, 4.69) is 21.8 Å². The maximum absolute atomic E-state index is 16.4. The number of benzene rings is 2. The molecule has 0 radical (unpaired) electrons. The highest BCUT2D eigenvalue weighted by Crippen LogP contribution is 2.36. The van der Waals surface area contributed by atoms with Crippen molar-refractivity contribution in [2.45, 2.75) is 40.2 Å². The van der Waals surface area contributed by atoms with Crippen LogP contribution in [-0.2, 0) is 6.42 Å². The molecular weight excluding hydrogens is 403 g/mol. The fraction of sp³-hybridized carbons (Fsp3) is 0.423. The lowest BCUT2D eigenvalue weighted by Gasteiger charge is -2.35. The molecule has 1 N–H and O–H groups in total. The summed E-state index contributed by atoms with van der Waals surface area (Å²) in [6, 6.07) is 8.00. The Labute approximate surface area is 187 Å². The van der Waals surface area contributed by atoms with Gasteiger partial charge < -0.3 is 19.4 Å². The summed E-state index contributed by atoms with van der Waals surface area (Å²) in [4.78, 5) is 21.6. The van der Waals surface area contributed by atoms with E-state index in [1.165, 1.54) is 0 Å². The second-order valence-electron chi connectivity index (χ2n) is 9.43. The lowest BCUT2D eigenvalue weighted by atomic mass is 10.0. The van der Waals surface area contributed by atoms with Gasteiger partial charge in [-0.15, -0.1) is 0 Å². The second kappa shape index (κ2) is 7.62. The molecule has 1 aliphatic rings. The van der Waals surface area contributed by atoms with Gasteiger partial charge in [0.1, 0.15) is 5.65 Å². The number of piperazine rings is 1. The molecule has 1 aliphatic heterocycles. The Morgan fingerprint density at radius 3 is 2.47 bits per heavy atom. The first-order chi connectivity index (χ1) is 15.3. The molecular formula is C26H31FN4O. The highest BCUT2D eigenvalue weighted by Gasteiger charge is 2.27. The average molecular weight is 435 g/mol. The summed E-state index contributed by atoms with van der Waals surface area (Å²) in [6.45, 7) is 11.5. The van der Waals surface area contributed by atoms with Gasteiger partial charge in [-0.3, -0.25) is 4.79 Å². The largest absolute Gasteiger partial charge is 0.366 e. The molecule has 0 saturated carbocycles. The van der Waals surface area contributed by atoms with Crippen LogP contribution in [0.15, 0.2) is 29.1 Å². The third-order valence-corrected chi connectivity index (χ3v) is 6.90. The summed E-state index contributed by atoms with van der Waals surface area (Å²) >= 11 is 0. The third-order valence-electron chi connectivity index (χ3n) is 6.90. The van der Waals surface area contributed by atoms with Gasteiger partial charge in [0.25, 0.3) is 0 Å². The van der Waals surface area contributed by atoms with E-state index in [1.54, 1.807) is 0 Å². The van der Waals surface area contributed by atoms with Crippen LogP contribution in [0.2, 0.25) is 0 Å². The normalized spacial score (nSPS) is 15.7. The summed E-state index contributed by atoms with van der Waals surface area (Å²) < 4.78 is 18.4. The zero-order valence-corrected chi connectivity index (χ0v) is 19.6. The zero-order valence-electron chi connectivity index (χ0n) is 19.6. The van der Waals surface area contributed by atoms with E-state index < -0.39 is 0 Å². The summed E-state index contributed by atoms with van der Waals surface area (Å²) in [6.07, 6.45) is 0.681. The van der Waals surface area contributed by atoms with Gasteiger partial charge in [-0.25, -0.2) is 4.39 Å². The molecule has 4 aromatic rings. The SMILES string of the molecule is CCc1cc2c(=O)c3c4ccc(C)cc4[nH]c3n(C(C)C)c2c(F)c1N1CCN(C)CC1. The van der Waals surface area contributed by atoms with Crippen LogP contribution in [0.4, 0.5) is 10.1 Å². The summed E-state index contributed by atoms with van der Waals surface area (Å²) in [7, 11) is 2.10. The number of aromatic nitrogens is 2. The molecule has 32 heavy (non-hydrogen) atoms. The molecule has 6 heteroatoms. The third kappa shape index (κ3) is 3.04. The van der Waals surface area contributed by atoms with Crippen LogP contribution in [0.25, 0.3) is 32.8 Å².